The molecule has 0 radical (unpaired) electrons. The molecule has 0 fully saturated rings. The first-order chi connectivity index (χ1) is 9.33. The lowest BCUT2D eigenvalue weighted by Crippen LogP contribution is -2.27. The van der Waals surface area contributed by atoms with Crippen LogP contribution in [0.5, 0.6) is 0 Å². The highest BCUT2D eigenvalue weighted by Gasteiger charge is 2.12. The lowest BCUT2D eigenvalue weighted by Gasteiger charge is -2.21. The first kappa shape index (κ1) is 14.6. The van der Waals surface area contributed by atoms with E-state index in [-0.39, 0.29) is 5.54 Å². The zero-order valence-corrected chi connectivity index (χ0v) is 12.9. The van der Waals surface area contributed by atoms with E-state index in [1.807, 2.05) is 31.2 Å². The molecule has 0 atom stereocenters. The van der Waals surface area contributed by atoms with Crippen molar-refractivity contribution in [1.82, 2.24) is 9.97 Å². The molecule has 0 spiro atoms. The van der Waals surface area contributed by atoms with Gasteiger partial charge in [-0.1, -0.05) is 17.7 Å². The second-order valence-corrected chi connectivity index (χ2v) is 6.17. The Balaban J connectivity index is 2.25. The van der Waals surface area contributed by atoms with Gasteiger partial charge in [-0.05, 0) is 45.9 Å². The quantitative estimate of drug-likeness (QED) is 0.880. The van der Waals surface area contributed by atoms with E-state index in [9.17, 15) is 0 Å². The van der Waals surface area contributed by atoms with Gasteiger partial charge in [0.05, 0.1) is 0 Å². The molecule has 1 heterocycles. The first-order valence-corrected chi connectivity index (χ1v) is 6.86. The van der Waals surface area contributed by atoms with Crippen LogP contribution in [0.25, 0.3) is 0 Å². The van der Waals surface area contributed by atoms with Gasteiger partial charge in [-0.15, -0.1) is 0 Å². The summed E-state index contributed by atoms with van der Waals surface area (Å²) in [5, 5.41) is 7.21. The molecule has 0 aliphatic heterocycles. The molecule has 0 bridgehead atoms. The van der Waals surface area contributed by atoms with Crippen LogP contribution in [0.15, 0.2) is 30.5 Å². The largest absolute Gasteiger partial charge is 0.350 e. The van der Waals surface area contributed by atoms with Crippen LogP contribution in [-0.2, 0) is 0 Å². The van der Waals surface area contributed by atoms with Crippen LogP contribution in [0.2, 0.25) is 5.02 Å². The standard InChI is InChI=1S/C15H19ClN4/c1-10-9-17-14(20-15(2,3)4)19-13(10)18-12-7-5-6-11(16)8-12/h5-9H,1-4H3,(H2,17,18,19,20). The molecule has 2 rings (SSSR count). The van der Waals surface area contributed by atoms with Crippen LogP contribution in [-0.4, -0.2) is 15.5 Å². The highest BCUT2D eigenvalue weighted by Crippen LogP contribution is 2.22. The van der Waals surface area contributed by atoms with Gasteiger partial charge >= 0.3 is 0 Å². The second kappa shape index (κ2) is 5.67. The highest BCUT2D eigenvalue weighted by molar-refractivity contribution is 6.30. The van der Waals surface area contributed by atoms with Crippen molar-refractivity contribution in [3.63, 3.8) is 0 Å². The SMILES string of the molecule is Cc1cnc(NC(C)(C)C)nc1Nc1cccc(Cl)c1. The minimum atomic E-state index is -0.0808. The number of nitrogens with zero attached hydrogens (tertiary/aromatic N) is 2. The van der Waals surface area contributed by atoms with E-state index >= 15 is 0 Å². The van der Waals surface area contributed by atoms with Gasteiger partial charge in [0.25, 0.3) is 0 Å². The molecule has 20 heavy (non-hydrogen) atoms. The topological polar surface area (TPSA) is 49.8 Å². The molecule has 0 saturated carbocycles. The van der Waals surface area contributed by atoms with Crippen molar-refractivity contribution in [3.8, 4) is 0 Å². The van der Waals surface area contributed by atoms with Crippen LogP contribution in [0, 0.1) is 6.92 Å². The molecule has 1 aromatic heterocycles. The molecule has 5 heteroatoms. The van der Waals surface area contributed by atoms with Gasteiger partial charge in [0.1, 0.15) is 5.82 Å². The van der Waals surface area contributed by atoms with E-state index in [2.05, 4.69) is 41.4 Å². The van der Waals surface area contributed by atoms with Crippen LogP contribution < -0.4 is 10.6 Å². The van der Waals surface area contributed by atoms with E-state index in [1.165, 1.54) is 0 Å². The molecular formula is C15H19ClN4. The lowest BCUT2D eigenvalue weighted by molar-refractivity contribution is 0.626. The highest BCUT2D eigenvalue weighted by atomic mass is 35.5. The van der Waals surface area contributed by atoms with Crippen LogP contribution >= 0.6 is 11.6 Å². The number of benzene rings is 1. The van der Waals surface area contributed by atoms with E-state index in [4.69, 9.17) is 11.6 Å². The number of hydrogen-bond acceptors (Lipinski definition) is 4. The number of anilines is 3. The average molecular weight is 291 g/mol. The third kappa shape index (κ3) is 4.10. The summed E-state index contributed by atoms with van der Waals surface area (Å²) in [6, 6.07) is 7.55. The van der Waals surface area contributed by atoms with E-state index in [0.717, 1.165) is 17.1 Å². The summed E-state index contributed by atoms with van der Waals surface area (Å²) in [4.78, 5) is 8.80. The second-order valence-electron chi connectivity index (χ2n) is 5.74. The monoisotopic (exact) mass is 290 g/mol. The number of aromatic nitrogens is 2. The van der Waals surface area contributed by atoms with Crippen LogP contribution in [0.4, 0.5) is 17.5 Å². The van der Waals surface area contributed by atoms with Crippen LogP contribution in [0.1, 0.15) is 26.3 Å². The molecule has 0 unspecified atom stereocenters. The van der Waals surface area contributed by atoms with Gasteiger partial charge in [-0.25, -0.2) is 4.98 Å². The molecule has 0 aliphatic rings. The summed E-state index contributed by atoms with van der Waals surface area (Å²) in [5.41, 5.74) is 1.80. The Morgan fingerprint density at radius 1 is 1.20 bits per heavy atom. The van der Waals surface area contributed by atoms with E-state index < -0.39 is 0 Å². The lowest BCUT2D eigenvalue weighted by atomic mass is 10.1. The van der Waals surface area contributed by atoms with Gasteiger partial charge in [0.2, 0.25) is 5.95 Å². The van der Waals surface area contributed by atoms with Crippen molar-refractivity contribution in [1.29, 1.82) is 0 Å². The maximum atomic E-state index is 5.98. The van der Waals surface area contributed by atoms with Gasteiger partial charge in [-0.2, -0.15) is 4.98 Å². The Morgan fingerprint density at radius 2 is 1.95 bits per heavy atom. The zero-order valence-electron chi connectivity index (χ0n) is 12.2. The third-order valence-corrected chi connectivity index (χ3v) is 2.78. The van der Waals surface area contributed by atoms with Crippen molar-refractivity contribution in [2.24, 2.45) is 0 Å². The van der Waals surface area contributed by atoms with Crippen molar-refractivity contribution < 1.29 is 0 Å². The van der Waals surface area contributed by atoms with E-state index in [0.29, 0.717) is 11.0 Å². The summed E-state index contributed by atoms with van der Waals surface area (Å²) in [5.74, 6) is 1.38. The molecular weight excluding hydrogens is 272 g/mol. The maximum Gasteiger partial charge on any atom is 0.225 e. The summed E-state index contributed by atoms with van der Waals surface area (Å²) in [6.45, 7) is 8.18. The Labute approximate surface area is 124 Å². The molecule has 0 amide bonds. The van der Waals surface area contributed by atoms with Crippen molar-refractivity contribution in [2.45, 2.75) is 33.2 Å². The van der Waals surface area contributed by atoms with Crippen molar-refractivity contribution in [2.75, 3.05) is 10.6 Å². The van der Waals surface area contributed by atoms with E-state index in [1.54, 1.807) is 6.20 Å². The average Bonchev–Trinajstić information content (AvgIpc) is 2.32. The maximum absolute atomic E-state index is 5.98. The normalized spacial score (nSPS) is 11.2. The summed E-state index contributed by atoms with van der Waals surface area (Å²) < 4.78 is 0. The fourth-order valence-corrected chi connectivity index (χ4v) is 1.86. The molecule has 2 aromatic rings. The Hall–Kier alpha value is -1.81. The van der Waals surface area contributed by atoms with Gasteiger partial charge in [-0.3, -0.25) is 0 Å². The number of hydrogen-bond donors (Lipinski definition) is 2. The smallest absolute Gasteiger partial charge is 0.225 e. The summed E-state index contributed by atoms with van der Waals surface area (Å²) in [6.07, 6.45) is 1.80. The number of nitrogens with one attached hydrogen (secondary N) is 2. The first-order valence-electron chi connectivity index (χ1n) is 6.48. The van der Waals surface area contributed by atoms with Gasteiger partial charge in [0.15, 0.2) is 0 Å². The molecule has 106 valence electrons. The van der Waals surface area contributed by atoms with Gasteiger partial charge in [0, 0.05) is 28.0 Å². The fourth-order valence-electron chi connectivity index (χ4n) is 1.67. The minimum Gasteiger partial charge on any atom is -0.350 e. The Morgan fingerprint density at radius 3 is 2.60 bits per heavy atom. The Bertz CT molecular complexity index is 605. The Kier molecular flexibility index (Phi) is 4.14. The number of aryl methyl sites for hydroxylation is 1. The van der Waals surface area contributed by atoms with Crippen LogP contribution in [0.3, 0.4) is 0 Å². The summed E-state index contributed by atoms with van der Waals surface area (Å²) >= 11 is 5.98. The fraction of sp³-hybridized carbons (Fsp3) is 0.333. The predicted octanol–water partition coefficient (Wildman–Crippen LogP) is 4.39. The van der Waals surface area contributed by atoms with Gasteiger partial charge < -0.3 is 10.6 Å². The molecule has 4 nitrogen and oxygen atoms in total. The molecule has 2 N–H and O–H groups in total. The van der Waals surface area contributed by atoms with Crippen molar-refractivity contribution in [3.05, 3.63) is 41.0 Å². The number of halogens is 1. The minimum absolute atomic E-state index is 0.0808. The van der Waals surface area contributed by atoms with Crippen molar-refractivity contribution >= 4 is 29.1 Å². The number of rotatable bonds is 3. The predicted molar refractivity (Wildman–Crippen MR) is 84.9 cm³/mol. The molecule has 0 saturated heterocycles. The summed E-state index contributed by atoms with van der Waals surface area (Å²) in [7, 11) is 0. The third-order valence-electron chi connectivity index (χ3n) is 2.55. The molecule has 0 aliphatic carbocycles. The molecule has 1 aromatic carbocycles. The zero-order chi connectivity index (χ0) is 14.8.